The van der Waals surface area contributed by atoms with Gasteiger partial charge in [0.1, 0.15) is 10.7 Å². The van der Waals surface area contributed by atoms with E-state index < -0.39 is 6.10 Å². The molecular formula is C9H12BrNO2. The average Bonchev–Trinajstić information content (AvgIpc) is 2.15. The molecule has 4 heteroatoms. The van der Waals surface area contributed by atoms with Gasteiger partial charge >= 0.3 is 0 Å². The van der Waals surface area contributed by atoms with Crippen molar-refractivity contribution in [3.05, 3.63) is 28.5 Å². The van der Waals surface area contributed by atoms with Crippen molar-refractivity contribution in [1.29, 1.82) is 0 Å². The predicted octanol–water partition coefficient (Wildman–Crippen LogP) is 1.91. The molecule has 72 valence electrons. The Kier molecular flexibility index (Phi) is 3.84. The highest BCUT2D eigenvalue weighted by Gasteiger charge is 2.16. The highest BCUT2D eigenvalue weighted by Crippen LogP contribution is 2.18. The summed E-state index contributed by atoms with van der Waals surface area (Å²) < 4.78 is 5.72. The number of aliphatic hydroxyl groups excluding tert-OH is 1. The Morgan fingerprint density at radius 3 is 2.77 bits per heavy atom. The fourth-order valence-corrected chi connectivity index (χ4v) is 1.32. The third-order valence-electron chi connectivity index (χ3n) is 1.86. The van der Waals surface area contributed by atoms with Crippen LogP contribution in [0.25, 0.3) is 0 Å². The van der Waals surface area contributed by atoms with Crippen molar-refractivity contribution in [1.82, 2.24) is 4.98 Å². The molecule has 0 fully saturated rings. The van der Waals surface area contributed by atoms with E-state index in [0.717, 1.165) is 0 Å². The standard InChI is InChI=1S/C9H12BrNO2/c1-6(13-2)9(12)7-4-3-5-8(10)11-7/h3-6,9,12H,1-2H3/t6-,9+/m0/s1. The minimum atomic E-state index is -0.678. The molecule has 0 aliphatic carbocycles. The van der Waals surface area contributed by atoms with Crippen molar-refractivity contribution in [2.75, 3.05) is 7.11 Å². The van der Waals surface area contributed by atoms with Crippen LogP contribution in [-0.2, 0) is 4.74 Å². The molecule has 1 N–H and O–H groups in total. The minimum absolute atomic E-state index is 0.248. The van der Waals surface area contributed by atoms with Crippen LogP contribution in [0.2, 0.25) is 0 Å². The normalized spacial score (nSPS) is 15.4. The quantitative estimate of drug-likeness (QED) is 0.828. The zero-order valence-electron chi connectivity index (χ0n) is 7.57. The van der Waals surface area contributed by atoms with Gasteiger partial charge in [-0.15, -0.1) is 0 Å². The van der Waals surface area contributed by atoms with Gasteiger partial charge in [0, 0.05) is 7.11 Å². The van der Waals surface area contributed by atoms with Gasteiger partial charge < -0.3 is 9.84 Å². The van der Waals surface area contributed by atoms with E-state index in [1.54, 1.807) is 20.1 Å². The molecule has 1 rings (SSSR count). The largest absolute Gasteiger partial charge is 0.384 e. The van der Waals surface area contributed by atoms with Crippen LogP contribution < -0.4 is 0 Å². The van der Waals surface area contributed by atoms with Crippen molar-refractivity contribution in [2.24, 2.45) is 0 Å². The molecule has 1 aromatic heterocycles. The molecule has 0 radical (unpaired) electrons. The number of methoxy groups -OCH3 is 1. The summed E-state index contributed by atoms with van der Waals surface area (Å²) in [6.07, 6.45) is -0.927. The van der Waals surface area contributed by atoms with E-state index >= 15 is 0 Å². The topological polar surface area (TPSA) is 42.4 Å². The number of halogens is 1. The second-order valence-electron chi connectivity index (χ2n) is 2.77. The molecule has 3 nitrogen and oxygen atoms in total. The van der Waals surface area contributed by atoms with Crippen molar-refractivity contribution in [3.63, 3.8) is 0 Å². The number of ether oxygens (including phenoxy) is 1. The minimum Gasteiger partial charge on any atom is -0.384 e. The number of rotatable bonds is 3. The van der Waals surface area contributed by atoms with Crippen molar-refractivity contribution >= 4 is 15.9 Å². The molecule has 0 spiro atoms. The zero-order chi connectivity index (χ0) is 9.84. The Morgan fingerprint density at radius 1 is 1.54 bits per heavy atom. The first-order valence-corrected chi connectivity index (χ1v) is 4.77. The van der Waals surface area contributed by atoms with Gasteiger partial charge in [0.05, 0.1) is 11.8 Å². The summed E-state index contributed by atoms with van der Waals surface area (Å²) in [7, 11) is 1.56. The van der Waals surface area contributed by atoms with Gasteiger partial charge in [0.15, 0.2) is 0 Å². The summed E-state index contributed by atoms with van der Waals surface area (Å²) in [5.41, 5.74) is 0.615. The second-order valence-corrected chi connectivity index (χ2v) is 3.58. The molecule has 0 aromatic carbocycles. The van der Waals surface area contributed by atoms with Crippen LogP contribution in [0.3, 0.4) is 0 Å². The highest BCUT2D eigenvalue weighted by atomic mass is 79.9. The number of aliphatic hydroxyl groups is 1. The van der Waals surface area contributed by atoms with E-state index in [-0.39, 0.29) is 6.10 Å². The molecule has 1 heterocycles. The zero-order valence-corrected chi connectivity index (χ0v) is 9.15. The van der Waals surface area contributed by atoms with Crippen LogP contribution in [0.5, 0.6) is 0 Å². The maximum absolute atomic E-state index is 9.71. The Balaban J connectivity index is 2.82. The lowest BCUT2D eigenvalue weighted by molar-refractivity contribution is -0.00365. The lowest BCUT2D eigenvalue weighted by Crippen LogP contribution is -2.17. The molecule has 0 saturated heterocycles. The third-order valence-corrected chi connectivity index (χ3v) is 2.30. The van der Waals surface area contributed by atoms with Crippen molar-refractivity contribution in [3.8, 4) is 0 Å². The molecule has 0 saturated carbocycles. The van der Waals surface area contributed by atoms with Crippen LogP contribution in [-0.4, -0.2) is 23.3 Å². The fourth-order valence-electron chi connectivity index (χ4n) is 0.958. The second kappa shape index (κ2) is 4.69. The van der Waals surface area contributed by atoms with E-state index in [1.165, 1.54) is 0 Å². The monoisotopic (exact) mass is 245 g/mol. The lowest BCUT2D eigenvalue weighted by atomic mass is 10.1. The van der Waals surface area contributed by atoms with Gasteiger partial charge in [-0.3, -0.25) is 0 Å². The summed E-state index contributed by atoms with van der Waals surface area (Å²) in [4.78, 5) is 4.13. The third kappa shape index (κ3) is 2.76. The molecule has 1 aromatic rings. The summed E-state index contributed by atoms with van der Waals surface area (Å²) in [6, 6.07) is 5.41. The first-order chi connectivity index (χ1) is 6.15. The summed E-state index contributed by atoms with van der Waals surface area (Å²) in [6.45, 7) is 1.80. The van der Waals surface area contributed by atoms with Crippen LogP contribution in [0.4, 0.5) is 0 Å². The van der Waals surface area contributed by atoms with E-state index in [9.17, 15) is 5.11 Å². The van der Waals surface area contributed by atoms with Crippen LogP contribution >= 0.6 is 15.9 Å². The van der Waals surface area contributed by atoms with Crippen LogP contribution in [0, 0.1) is 0 Å². The van der Waals surface area contributed by atoms with Gasteiger partial charge in [-0.25, -0.2) is 4.98 Å². The van der Waals surface area contributed by atoms with Gasteiger partial charge in [-0.1, -0.05) is 6.07 Å². The summed E-state index contributed by atoms with van der Waals surface area (Å²) in [5, 5.41) is 9.71. The molecular weight excluding hydrogens is 234 g/mol. The molecule has 0 aliphatic rings. The van der Waals surface area contributed by atoms with E-state index in [2.05, 4.69) is 20.9 Å². The first kappa shape index (κ1) is 10.6. The number of nitrogens with zero attached hydrogens (tertiary/aromatic N) is 1. The fraction of sp³-hybridized carbons (Fsp3) is 0.444. The first-order valence-electron chi connectivity index (χ1n) is 3.98. The maximum atomic E-state index is 9.71. The molecule has 13 heavy (non-hydrogen) atoms. The SMILES string of the molecule is CO[C@@H](C)[C@@H](O)c1cccc(Br)n1. The van der Waals surface area contributed by atoms with Gasteiger partial charge in [0.2, 0.25) is 0 Å². The molecule has 0 amide bonds. The van der Waals surface area contributed by atoms with Crippen molar-refractivity contribution < 1.29 is 9.84 Å². The van der Waals surface area contributed by atoms with E-state index in [0.29, 0.717) is 10.3 Å². The molecule has 0 bridgehead atoms. The Labute approximate surface area is 85.9 Å². The van der Waals surface area contributed by atoms with E-state index in [4.69, 9.17) is 4.74 Å². The van der Waals surface area contributed by atoms with Crippen molar-refractivity contribution in [2.45, 2.75) is 19.1 Å². The molecule has 2 atom stereocenters. The maximum Gasteiger partial charge on any atom is 0.122 e. The average molecular weight is 246 g/mol. The number of pyridine rings is 1. The highest BCUT2D eigenvalue weighted by molar-refractivity contribution is 9.10. The number of aromatic nitrogens is 1. The number of hydrogen-bond donors (Lipinski definition) is 1. The predicted molar refractivity (Wildman–Crippen MR) is 53.4 cm³/mol. The van der Waals surface area contributed by atoms with Crippen LogP contribution in [0.15, 0.2) is 22.8 Å². The molecule has 0 unspecified atom stereocenters. The van der Waals surface area contributed by atoms with Gasteiger partial charge in [-0.2, -0.15) is 0 Å². The van der Waals surface area contributed by atoms with Gasteiger partial charge in [-0.05, 0) is 35.0 Å². The number of hydrogen-bond acceptors (Lipinski definition) is 3. The summed E-state index contributed by atoms with van der Waals surface area (Å²) in [5.74, 6) is 0. The Hall–Kier alpha value is -0.450. The van der Waals surface area contributed by atoms with E-state index in [1.807, 2.05) is 12.1 Å². The Morgan fingerprint density at radius 2 is 2.23 bits per heavy atom. The molecule has 0 aliphatic heterocycles. The smallest absolute Gasteiger partial charge is 0.122 e. The summed E-state index contributed by atoms with van der Waals surface area (Å²) >= 11 is 3.24. The Bertz CT molecular complexity index is 280. The van der Waals surface area contributed by atoms with Crippen LogP contribution in [0.1, 0.15) is 18.7 Å². The van der Waals surface area contributed by atoms with Gasteiger partial charge in [0.25, 0.3) is 0 Å². The lowest BCUT2D eigenvalue weighted by Gasteiger charge is -2.16.